The molecule has 1 atom stereocenters. The predicted octanol–water partition coefficient (Wildman–Crippen LogP) is 6.94. The van der Waals surface area contributed by atoms with Crippen molar-refractivity contribution in [1.82, 2.24) is 4.98 Å². The van der Waals surface area contributed by atoms with Gasteiger partial charge in [-0.3, -0.25) is 0 Å². The molecule has 0 aliphatic heterocycles. The van der Waals surface area contributed by atoms with E-state index in [9.17, 15) is 0 Å². The zero-order valence-electron chi connectivity index (χ0n) is 16.1. The Morgan fingerprint density at radius 3 is 2.61 bits per heavy atom. The standard InChI is InChI=1S/C25H22N2S/c1-17-10-15-22-24(16-17)28-25(26-22)19-11-13-20(14-12-19)27(2)23-9-5-7-18-6-3-4-8-21(18)23/h3-15,17H,16H2,1-2H3. The van der Waals surface area contributed by atoms with Crippen LogP contribution < -0.4 is 4.90 Å². The van der Waals surface area contributed by atoms with Crippen LogP contribution in [0.5, 0.6) is 0 Å². The maximum absolute atomic E-state index is 4.85. The van der Waals surface area contributed by atoms with Gasteiger partial charge in [0.05, 0.1) is 5.69 Å². The van der Waals surface area contributed by atoms with Crippen LogP contribution in [-0.2, 0) is 6.42 Å². The minimum Gasteiger partial charge on any atom is -0.344 e. The number of aromatic nitrogens is 1. The molecule has 1 unspecified atom stereocenters. The summed E-state index contributed by atoms with van der Waals surface area (Å²) in [5.74, 6) is 0.609. The van der Waals surface area contributed by atoms with Crippen molar-refractivity contribution in [2.75, 3.05) is 11.9 Å². The number of nitrogens with zero attached hydrogens (tertiary/aromatic N) is 2. The average Bonchev–Trinajstić information content (AvgIpc) is 3.16. The van der Waals surface area contributed by atoms with Gasteiger partial charge in [0.15, 0.2) is 0 Å². The summed E-state index contributed by atoms with van der Waals surface area (Å²) in [5.41, 5.74) is 4.73. The van der Waals surface area contributed by atoms with E-state index in [1.165, 1.54) is 32.6 Å². The maximum atomic E-state index is 4.85. The minimum atomic E-state index is 0.609. The van der Waals surface area contributed by atoms with Crippen LogP contribution in [0.1, 0.15) is 17.5 Å². The Morgan fingerprint density at radius 1 is 0.964 bits per heavy atom. The van der Waals surface area contributed by atoms with Crippen LogP contribution in [0.4, 0.5) is 11.4 Å². The molecule has 0 saturated heterocycles. The van der Waals surface area contributed by atoms with E-state index in [0.29, 0.717) is 5.92 Å². The molecule has 1 aromatic heterocycles. The van der Waals surface area contributed by atoms with Crippen molar-refractivity contribution in [2.24, 2.45) is 5.92 Å². The van der Waals surface area contributed by atoms with E-state index in [1.807, 2.05) is 11.3 Å². The summed E-state index contributed by atoms with van der Waals surface area (Å²) in [5, 5.41) is 3.65. The number of allylic oxidation sites excluding steroid dienone is 1. The van der Waals surface area contributed by atoms with E-state index in [2.05, 4.69) is 97.8 Å². The van der Waals surface area contributed by atoms with Crippen molar-refractivity contribution in [3.05, 3.63) is 83.4 Å². The molecule has 1 aliphatic carbocycles. The van der Waals surface area contributed by atoms with Gasteiger partial charge in [-0.05, 0) is 54.1 Å². The summed E-state index contributed by atoms with van der Waals surface area (Å²) in [6.45, 7) is 2.26. The molecule has 0 radical (unpaired) electrons. The highest BCUT2D eigenvalue weighted by Gasteiger charge is 2.16. The maximum Gasteiger partial charge on any atom is 0.124 e. The average molecular weight is 383 g/mol. The molecule has 0 bridgehead atoms. The van der Waals surface area contributed by atoms with Crippen molar-refractivity contribution in [3.63, 3.8) is 0 Å². The molecule has 0 spiro atoms. The fraction of sp³-hybridized carbons (Fsp3) is 0.160. The van der Waals surface area contributed by atoms with Gasteiger partial charge in [0.1, 0.15) is 5.01 Å². The Bertz CT molecular complexity index is 1170. The number of rotatable bonds is 3. The lowest BCUT2D eigenvalue weighted by molar-refractivity contribution is 0.725. The van der Waals surface area contributed by atoms with Crippen molar-refractivity contribution in [3.8, 4) is 10.6 Å². The van der Waals surface area contributed by atoms with Crippen molar-refractivity contribution in [2.45, 2.75) is 13.3 Å². The summed E-state index contributed by atoms with van der Waals surface area (Å²) < 4.78 is 0. The first-order chi connectivity index (χ1) is 13.7. The molecule has 3 aromatic carbocycles. The van der Waals surface area contributed by atoms with Crippen LogP contribution in [0.3, 0.4) is 0 Å². The van der Waals surface area contributed by atoms with E-state index >= 15 is 0 Å². The number of benzene rings is 3. The SMILES string of the molecule is CC1C=Cc2nc(-c3ccc(N(C)c4cccc5ccccc45)cc3)sc2C1. The second-order valence-electron chi connectivity index (χ2n) is 7.47. The topological polar surface area (TPSA) is 16.1 Å². The molecular formula is C25H22N2S. The van der Waals surface area contributed by atoms with Crippen LogP contribution in [0.2, 0.25) is 0 Å². The highest BCUT2D eigenvalue weighted by molar-refractivity contribution is 7.15. The zero-order valence-corrected chi connectivity index (χ0v) is 16.9. The number of thiazole rings is 1. The zero-order chi connectivity index (χ0) is 19.1. The van der Waals surface area contributed by atoms with Crippen LogP contribution in [0.25, 0.3) is 27.4 Å². The summed E-state index contributed by atoms with van der Waals surface area (Å²) in [6.07, 6.45) is 5.53. The van der Waals surface area contributed by atoms with Crippen LogP contribution >= 0.6 is 11.3 Å². The third kappa shape index (κ3) is 3.02. The van der Waals surface area contributed by atoms with Gasteiger partial charge in [0.2, 0.25) is 0 Å². The van der Waals surface area contributed by atoms with Crippen LogP contribution in [-0.4, -0.2) is 12.0 Å². The molecule has 138 valence electrons. The second kappa shape index (κ2) is 6.92. The molecule has 3 heteroatoms. The number of anilines is 2. The largest absolute Gasteiger partial charge is 0.344 e. The van der Waals surface area contributed by atoms with Crippen molar-refractivity contribution in [1.29, 1.82) is 0 Å². The Hall–Kier alpha value is -2.91. The third-order valence-electron chi connectivity index (χ3n) is 5.45. The molecule has 2 nitrogen and oxygen atoms in total. The summed E-state index contributed by atoms with van der Waals surface area (Å²) in [6, 6.07) is 23.8. The summed E-state index contributed by atoms with van der Waals surface area (Å²) in [4.78, 5) is 8.51. The molecule has 0 fully saturated rings. The summed E-state index contributed by atoms with van der Waals surface area (Å²) >= 11 is 1.83. The molecule has 28 heavy (non-hydrogen) atoms. The van der Waals surface area contributed by atoms with Gasteiger partial charge in [-0.1, -0.05) is 49.4 Å². The predicted molar refractivity (Wildman–Crippen MR) is 121 cm³/mol. The Morgan fingerprint density at radius 2 is 1.75 bits per heavy atom. The first kappa shape index (κ1) is 17.2. The number of hydrogen-bond acceptors (Lipinski definition) is 3. The van der Waals surface area contributed by atoms with Gasteiger partial charge in [-0.2, -0.15) is 0 Å². The van der Waals surface area contributed by atoms with Gasteiger partial charge in [-0.15, -0.1) is 11.3 Å². The fourth-order valence-corrected chi connectivity index (χ4v) is 5.04. The lowest BCUT2D eigenvalue weighted by Crippen LogP contribution is -2.09. The third-order valence-corrected chi connectivity index (χ3v) is 6.59. The highest BCUT2D eigenvalue weighted by atomic mass is 32.1. The molecular weight excluding hydrogens is 360 g/mol. The van der Waals surface area contributed by atoms with Crippen molar-refractivity contribution >= 4 is 39.6 Å². The van der Waals surface area contributed by atoms with E-state index in [1.54, 1.807) is 0 Å². The van der Waals surface area contributed by atoms with E-state index in [4.69, 9.17) is 4.98 Å². The Labute approximate surface area is 169 Å². The van der Waals surface area contributed by atoms with E-state index < -0.39 is 0 Å². The molecule has 5 rings (SSSR count). The first-order valence-corrected chi connectivity index (χ1v) is 10.5. The number of fused-ring (bicyclic) bond motifs is 2. The molecule has 0 N–H and O–H groups in total. The van der Waals surface area contributed by atoms with Gasteiger partial charge in [-0.25, -0.2) is 4.98 Å². The number of hydrogen-bond donors (Lipinski definition) is 0. The summed E-state index contributed by atoms with van der Waals surface area (Å²) in [7, 11) is 2.13. The minimum absolute atomic E-state index is 0.609. The Kier molecular flexibility index (Phi) is 4.25. The van der Waals surface area contributed by atoms with Crippen LogP contribution in [0.15, 0.2) is 72.8 Å². The van der Waals surface area contributed by atoms with Crippen molar-refractivity contribution < 1.29 is 0 Å². The van der Waals surface area contributed by atoms with Gasteiger partial charge >= 0.3 is 0 Å². The Balaban J connectivity index is 1.46. The second-order valence-corrected chi connectivity index (χ2v) is 8.56. The smallest absolute Gasteiger partial charge is 0.124 e. The van der Waals surface area contributed by atoms with Crippen LogP contribution in [0, 0.1) is 5.92 Å². The van der Waals surface area contributed by atoms with Gasteiger partial charge in [0.25, 0.3) is 0 Å². The molecule has 0 amide bonds. The quantitative estimate of drug-likeness (QED) is 0.382. The fourth-order valence-electron chi connectivity index (χ4n) is 3.85. The lowest BCUT2D eigenvalue weighted by Gasteiger charge is -2.21. The van der Waals surface area contributed by atoms with Gasteiger partial charge in [0, 0.05) is 34.2 Å². The monoisotopic (exact) mass is 382 g/mol. The lowest BCUT2D eigenvalue weighted by atomic mass is 10.0. The van der Waals surface area contributed by atoms with E-state index in [0.717, 1.165) is 17.1 Å². The highest BCUT2D eigenvalue weighted by Crippen LogP contribution is 2.35. The molecule has 1 heterocycles. The van der Waals surface area contributed by atoms with E-state index in [-0.39, 0.29) is 0 Å². The normalized spacial score (nSPS) is 15.6. The molecule has 4 aromatic rings. The molecule has 1 aliphatic rings. The van der Waals surface area contributed by atoms with Gasteiger partial charge < -0.3 is 4.90 Å². The molecule has 0 saturated carbocycles. The first-order valence-electron chi connectivity index (χ1n) is 9.69.